The minimum Gasteiger partial charge on any atom is -0.370 e. The molecule has 0 aromatic carbocycles. The van der Waals surface area contributed by atoms with Crippen molar-refractivity contribution in [3.8, 4) is 0 Å². The Kier molecular flexibility index (Phi) is 2.95. The van der Waals surface area contributed by atoms with Crippen LogP contribution in [0.3, 0.4) is 0 Å². The van der Waals surface area contributed by atoms with E-state index in [1.165, 1.54) is 12.8 Å². The van der Waals surface area contributed by atoms with Crippen molar-refractivity contribution in [1.29, 1.82) is 0 Å². The Balaban J connectivity index is 1.73. The van der Waals surface area contributed by atoms with Crippen LogP contribution >= 0.6 is 15.9 Å². The van der Waals surface area contributed by atoms with Crippen LogP contribution < -0.4 is 11.1 Å². The number of pyridine rings is 1. The molecule has 3 rings (SSSR count). The molecule has 0 aliphatic heterocycles. The van der Waals surface area contributed by atoms with Crippen LogP contribution in [0.5, 0.6) is 0 Å². The lowest BCUT2D eigenvalue weighted by molar-refractivity contribution is 0.874. The van der Waals surface area contributed by atoms with E-state index in [-0.39, 0.29) is 0 Å². The number of aromatic nitrogens is 2. The van der Waals surface area contributed by atoms with Crippen molar-refractivity contribution in [3.63, 3.8) is 0 Å². The van der Waals surface area contributed by atoms with Gasteiger partial charge in [0, 0.05) is 22.9 Å². The minimum atomic E-state index is 0.505. The summed E-state index contributed by atoms with van der Waals surface area (Å²) in [4.78, 5) is 8.76. The molecule has 0 atom stereocenters. The molecule has 3 N–H and O–H groups in total. The number of nitrogens with zero attached hydrogens (tertiary/aromatic N) is 3. The van der Waals surface area contributed by atoms with Gasteiger partial charge in [0.05, 0.1) is 12.2 Å². The summed E-state index contributed by atoms with van der Waals surface area (Å²) in [7, 11) is 0. The molecule has 6 heteroatoms. The highest BCUT2D eigenvalue weighted by Crippen LogP contribution is 2.18. The number of guanidine groups is 1. The molecule has 1 aliphatic carbocycles. The van der Waals surface area contributed by atoms with Gasteiger partial charge in [-0.3, -0.25) is 0 Å². The van der Waals surface area contributed by atoms with Crippen LogP contribution in [-0.2, 0) is 6.54 Å². The normalized spacial score (nSPS) is 16.2. The van der Waals surface area contributed by atoms with Crippen LogP contribution in [0.1, 0.15) is 18.5 Å². The second kappa shape index (κ2) is 4.61. The molecule has 1 saturated carbocycles. The first-order valence-corrected chi connectivity index (χ1v) is 6.69. The number of aliphatic imine (C=N–C) groups is 1. The molecule has 0 radical (unpaired) electrons. The van der Waals surface area contributed by atoms with Gasteiger partial charge in [-0.05, 0) is 40.9 Å². The fourth-order valence-electron chi connectivity index (χ4n) is 1.74. The summed E-state index contributed by atoms with van der Waals surface area (Å²) in [5, 5.41) is 3.15. The monoisotopic (exact) mass is 307 g/mol. The largest absolute Gasteiger partial charge is 0.370 e. The highest BCUT2D eigenvalue weighted by Gasteiger charge is 2.21. The molecular weight excluding hydrogens is 294 g/mol. The van der Waals surface area contributed by atoms with Gasteiger partial charge >= 0.3 is 0 Å². The quantitative estimate of drug-likeness (QED) is 0.669. The van der Waals surface area contributed by atoms with E-state index in [2.05, 4.69) is 31.2 Å². The van der Waals surface area contributed by atoms with Gasteiger partial charge in [-0.25, -0.2) is 9.98 Å². The van der Waals surface area contributed by atoms with E-state index in [4.69, 9.17) is 5.73 Å². The Labute approximate surface area is 113 Å². The lowest BCUT2D eigenvalue weighted by atomic mass is 10.5. The molecule has 0 unspecified atom stereocenters. The number of rotatable bonds is 3. The summed E-state index contributed by atoms with van der Waals surface area (Å²) in [5.74, 6) is 0.510. The maximum atomic E-state index is 5.78. The van der Waals surface area contributed by atoms with Gasteiger partial charge in [-0.2, -0.15) is 0 Å². The van der Waals surface area contributed by atoms with Gasteiger partial charge in [0.15, 0.2) is 5.96 Å². The molecule has 0 amide bonds. The SMILES string of the molecule is NC(=NCc1cn2cc(Br)ccc2n1)NC1CC1. The Bertz CT molecular complexity index is 600. The zero-order chi connectivity index (χ0) is 12.5. The van der Waals surface area contributed by atoms with E-state index in [0.29, 0.717) is 18.5 Å². The van der Waals surface area contributed by atoms with Gasteiger partial charge < -0.3 is 15.5 Å². The van der Waals surface area contributed by atoms with Crippen molar-refractivity contribution in [2.45, 2.75) is 25.4 Å². The summed E-state index contributed by atoms with van der Waals surface area (Å²) in [5.41, 5.74) is 7.60. The summed E-state index contributed by atoms with van der Waals surface area (Å²) < 4.78 is 3.00. The Morgan fingerprint density at radius 2 is 2.33 bits per heavy atom. The fourth-order valence-corrected chi connectivity index (χ4v) is 2.09. The lowest BCUT2D eigenvalue weighted by Crippen LogP contribution is -2.33. The summed E-state index contributed by atoms with van der Waals surface area (Å²) >= 11 is 3.43. The van der Waals surface area contributed by atoms with E-state index in [1.807, 2.05) is 28.9 Å². The van der Waals surface area contributed by atoms with Crippen molar-refractivity contribution in [2.75, 3.05) is 0 Å². The standard InChI is InChI=1S/C12H14BrN5/c13-8-1-4-11-16-10(7-18(11)6-8)5-15-12(14)17-9-2-3-9/h1,4,6-7,9H,2-3,5H2,(H3,14,15,17). The molecule has 2 aromatic rings. The maximum absolute atomic E-state index is 5.78. The Hall–Kier alpha value is -1.56. The first-order valence-electron chi connectivity index (χ1n) is 5.90. The smallest absolute Gasteiger partial charge is 0.189 e. The molecular formula is C12H14BrN5. The second-order valence-electron chi connectivity index (χ2n) is 4.47. The first kappa shape index (κ1) is 11.5. The summed E-state index contributed by atoms with van der Waals surface area (Å²) in [6, 6.07) is 4.47. The van der Waals surface area contributed by atoms with Crippen LogP contribution in [0.2, 0.25) is 0 Å². The zero-order valence-electron chi connectivity index (χ0n) is 9.81. The van der Waals surface area contributed by atoms with Crippen LogP contribution in [0.15, 0.2) is 34.0 Å². The van der Waals surface area contributed by atoms with Gasteiger partial charge in [0.25, 0.3) is 0 Å². The molecule has 1 aliphatic rings. The first-order chi connectivity index (χ1) is 8.70. The number of hydrogen-bond acceptors (Lipinski definition) is 2. The predicted octanol–water partition coefficient (Wildman–Crippen LogP) is 1.66. The summed E-state index contributed by atoms with van der Waals surface area (Å²) in [6.45, 7) is 0.505. The molecule has 94 valence electrons. The minimum absolute atomic E-state index is 0.505. The van der Waals surface area contributed by atoms with Crippen molar-refractivity contribution in [1.82, 2.24) is 14.7 Å². The Morgan fingerprint density at radius 1 is 1.50 bits per heavy atom. The number of nitrogens with one attached hydrogen (secondary N) is 1. The van der Waals surface area contributed by atoms with Gasteiger partial charge in [0.2, 0.25) is 0 Å². The third kappa shape index (κ3) is 2.64. The van der Waals surface area contributed by atoms with Gasteiger partial charge in [-0.1, -0.05) is 0 Å². The van der Waals surface area contributed by atoms with Crippen molar-refractivity contribution < 1.29 is 0 Å². The van der Waals surface area contributed by atoms with E-state index in [9.17, 15) is 0 Å². The van der Waals surface area contributed by atoms with E-state index < -0.39 is 0 Å². The van der Waals surface area contributed by atoms with Gasteiger partial charge in [0.1, 0.15) is 5.65 Å². The van der Waals surface area contributed by atoms with Crippen LogP contribution in [0, 0.1) is 0 Å². The molecule has 0 spiro atoms. The van der Waals surface area contributed by atoms with Crippen LogP contribution in [0.4, 0.5) is 0 Å². The van der Waals surface area contributed by atoms with Crippen LogP contribution in [0.25, 0.3) is 5.65 Å². The number of hydrogen-bond donors (Lipinski definition) is 2. The number of fused-ring (bicyclic) bond motifs is 1. The van der Waals surface area contributed by atoms with E-state index in [1.54, 1.807) is 0 Å². The van der Waals surface area contributed by atoms with Crippen molar-refractivity contribution >= 4 is 27.5 Å². The average molecular weight is 308 g/mol. The highest BCUT2D eigenvalue weighted by atomic mass is 79.9. The summed E-state index contributed by atoms with van der Waals surface area (Å²) in [6.07, 6.45) is 6.33. The van der Waals surface area contributed by atoms with E-state index >= 15 is 0 Å². The number of halogens is 1. The highest BCUT2D eigenvalue weighted by molar-refractivity contribution is 9.10. The number of imidazole rings is 1. The molecule has 5 nitrogen and oxygen atoms in total. The topological polar surface area (TPSA) is 67.7 Å². The third-order valence-corrected chi connectivity index (χ3v) is 3.27. The number of nitrogens with two attached hydrogens (primary N) is 1. The lowest BCUT2D eigenvalue weighted by Gasteiger charge is -2.01. The maximum Gasteiger partial charge on any atom is 0.189 e. The average Bonchev–Trinajstić information content (AvgIpc) is 3.04. The fraction of sp³-hybridized carbons (Fsp3) is 0.333. The molecule has 2 aromatic heterocycles. The molecule has 18 heavy (non-hydrogen) atoms. The predicted molar refractivity (Wildman–Crippen MR) is 74.4 cm³/mol. The molecule has 0 bridgehead atoms. The van der Waals surface area contributed by atoms with Gasteiger partial charge in [-0.15, -0.1) is 0 Å². The van der Waals surface area contributed by atoms with Crippen molar-refractivity contribution in [3.05, 3.63) is 34.7 Å². The second-order valence-corrected chi connectivity index (χ2v) is 5.38. The molecule has 1 fully saturated rings. The molecule has 2 heterocycles. The Morgan fingerprint density at radius 3 is 3.11 bits per heavy atom. The van der Waals surface area contributed by atoms with Crippen molar-refractivity contribution in [2.24, 2.45) is 10.7 Å². The van der Waals surface area contributed by atoms with Crippen LogP contribution in [-0.4, -0.2) is 21.4 Å². The van der Waals surface area contributed by atoms with E-state index in [0.717, 1.165) is 15.8 Å². The zero-order valence-corrected chi connectivity index (χ0v) is 11.4. The molecule has 0 saturated heterocycles. The third-order valence-electron chi connectivity index (χ3n) is 2.81.